The molecule has 10 atom stereocenters. The summed E-state index contributed by atoms with van der Waals surface area (Å²) in [7, 11) is 0. The van der Waals surface area contributed by atoms with Crippen LogP contribution in [0.15, 0.2) is 60.7 Å². The lowest BCUT2D eigenvalue weighted by Crippen LogP contribution is -2.64. The van der Waals surface area contributed by atoms with Gasteiger partial charge in [-0.25, -0.2) is 9.36 Å². The van der Waals surface area contributed by atoms with E-state index in [1.54, 1.807) is 17.1 Å². The summed E-state index contributed by atoms with van der Waals surface area (Å²) in [5.74, 6) is 2.16. The van der Waals surface area contributed by atoms with Crippen molar-refractivity contribution in [3.05, 3.63) is 111 Å². The Hall–Kier alpha value is -6.12. The molecule has 4 unspecified atom stereocenters. The van der Waals surface area contributed by atoms with Crippen LogP contribution in [0.2, 0.25) is 0 Å². The van der Waals surface area contributed by atoms with E-state index in [0.717, 1.165) is 76.2 Å². The molecule has 0 saturated carbocycles. The van der Waals surface area contributed by atoms with Crippen molar-refractivity contribution in [3.8, 4) is 11.5 Å². The number of rotatable bonds is 22. The molecule has 87 heavy (non-hydrogen) atoms. The van der Waals surface area contributed by atoms with Crippen LogP contribution in [0.25, 0.3) is 0 Å². The largest absolute Gasteiger partial charge is 0.456 e. The zero-order valence-corrected chi connectivity index (χ0v) is 48.6. The molecule has 0 aliphatic carbocycles. The number of anilines is 3. The number of para-hydroxylation sites is 1. The van der Waals surface area contributed by atoms with Gasteiger partial charge in [-0.2, -0.15) is 0 Å². The summed E-state index contributed by atoms with van der Waals surface area (Å²) >= 11 is 0. The Morgan fingerprint density at radius 3 is 1.78 bits per heavy atom. The van der Waals surface area contributed by atoms with E-state index in [2.05, 4.69) is 82.7 Å². The first-order chi connectivity index (χ1) is 42.5. The van der Waals surface area contributed by atoms with Crippen molar-refractivity contribution in [2.75, 3.05) is 107 Å². The first-order valence-corrected chi connectivity index (χ1v) is 30.8. The summed E-state index contributed by atoms with van der Waals surface area (Å²) in [6.45, 7) is 7.48. The molecule has 14 rings (SSSR count). The minimum absolute atomic E-state index is 0.160. The third-order valence-corrected chi connectivity index (χ3v) is 18.8. The van der Waals surface area contributed by atoms with Gasteiger partial charge in [0.15, 0.2) is 12.5 Å². The van der Waals surface area contributed by atoms with Crippen LogP contribution >= 0.6 is 0 Å². The molecule has 2 fully saturated rings. The standard InChI is InChI=1S/C60H79N13O14/c74-33-46-50(76)52(78)54(80)58(85-46)72-31-38(62-65-72)28-67(29-39-32-73(66-63-39)59-55(81)53(79)51(77)47(34-75)86-59)27-37-30-70(64-61-37)17-19-82-21-23-84-24-22-83-20-18-71-45-12-2-1-11-42(45)60(71)43-25-35-7-3-13-68-15-5-9-40(48(35)68)56(43)87-57-41-10-6-16-69-14-4-8-36(49(41)69)26-44(57)60/h1-2,11-12,25-26,30-32,46-47,50-55,58-59,62,65,74-81H,3-10,13-24,27-29,33-34H2/t46?,47?,50-,51+,52+,53-,54?,55?,58+,59+/m1/s1. The fourth-order valence-electron chi connectivity index (χ4n) is 14.8. The summed E-state index contributed by atoms with van der Waals surface area (Å²) in [5, 5.41) is 101. The molecule has 0 amide bonds. The molecule has 2 saturated heterocycles. The minimum Gasteiger partial charge on any atom is -0.456 e. The topological polar surface area (TPSA) is 319 Å². The van der Waals surface area contributed by atoms with Gasteiger partial charge in [-0.1, -0.05) is 28.6 Å². The van der Waals surface area contributed by atoms with Crippen LogP contribution in [0.3, 0.4) is 0 Å². The zero-order valence-electron chi connectivity index (χ0n) is 48.6. The summed E-state index contributed by atoms with van der Waals surface area (Å²) in [4.78, 5) is 9.79. The summed E-state index contributed by atoms with van der Waals surface area (Å²) < 4.78 is 40.1. The number of fused-ring (bicyclic) bond motifs is 8. The highest BCUT2D eigenvalue weighted by molar-refractivity contribution is 5.87. The Kier molecular flexibility index (Phi) is 16.6. The van der Waals surface area contributed by atoms with Crippen LogP contribution in [-0.4, -0.2) is 228 Å². The molecule has 5 aromatic rings. The van der Waals surface area contributed by atoms with E-state index in [0.29, 0.717) is 69.8 Å². The highest BCUT2D eigenvalue weighted by Gasteiger charge is 2.58. The van der Waals surface area contributed by atoms with Gasteiger partial charge in [0.1, 0.15) is 65.9 Å². The number of hydrazine groups is 2. The predicted molar refractivity (Wildman–Crippen MR) is 310 cm³/mol. The van der Waals surface area contributed by atoms with Gasteiger partial charge in [0, 0.05) is 110 Å². The van der Waals surface area contributed by atoms with Crippen molar-refractivity contribution >= 4 is 17.1 Å². The smallest absolute Gasteiger partial charge is 0.180 e. The maximum Gasteiger partial charge on any atom is 0.180 e. The van der Waals surface area contributed by atoms with E-state index in [9.17, 15) is 40.9 Å². The summed E-state index contributed by atoms with van der Waals surface area (Å²) in [6.07, 6.45) is -0.296. The van der Waals surface area contributed by atoms with E-state index in [1.807, 2.05) is 4.90 Å². The summed E-state index contributed by atoms with van der Waals surface area (Å²) in [5.41, 5.74) is 20.7. The maximum absolute atomic E-state index is 10.8. The van der Waals surface area contributed by atoms with E-state index < -0.39 is 80.0 Å². The molecule has 0 radical (unpaired) electrons. The fourth-order valence-corrected chi connectivity index (χ4v) is 14.8. The molecule has 27 heteroatoms. The SMILES string of the molecule is OCC1O[C@H](N2C=C(CN(Cc3cn(CCOCCOCCOCCN4c5ccccc5C45c4cc6c7c(c4Oc4c5cc5c8c4CCCN8CCC5)CCCN7CCC6)nn3)Cc3cn([C@H]4OC(CO)[C@H](O)[C@@H](O)C4O)nn3)NN2)C(O)[C@@H](O)[C@@H]1O. The van der Waals surface area contributed by atoms with Crippen LogP contribution in [0.4, 0.5) is 17.1 Å². The number of hydrogen-bond donors (Lipinski definition) is 10. The van der Waals surface area contributed by atoms with Gasteiger partial charge in [-0.3, -0.25) is 9.91 Å². The Morgan fingerprint density at radius 1 is 0.598 bits per heavy atom. The maximum atomic E-state index is 10.8. The minimum atomic E-state index is -1.61. The van der Waals surface area contributed by atoms with Crippen LogP contribution in [0.5, 0.6) is 11.5 Å². The molecule has 9 aliphatic heterocycles. The Labute approximate surface area is 502 Å². The van der Waals surface area contributed by atoms with Gasteiger partial charge in [0.05, 0.1) is 82.7 Å². The molecule has 10 N–H and O–H groups in total. The third-order valence-electron chi connectivity index (χ3n) is 18.8. The highest BCUT2D eigenvalue weighted by Crippen LogP contribution is 2.66. The van der Waals surface area contributed by atoms with E-state index in [4.69, 9.17) is 28.4 Å². The van der Waals surface area contributed by atoms with Crippen molar-refractivity contribution in [2.45, 2.75) is 138 Å². The second kappa shape index (κ2) is 24.7. The van der Waals surface area contributed by atoms with E-state index in [1.165, 1.54) is 84.7 Å². The first kappa shape index (κ1) is 58.6. The lowest BCUT2D eigenvalue weighted by molar-refractivity contribution is -0.264. The number of aryl methyl sites for hydroxylation is 2. The number of nitrogens with zero attached hydrogens (tertiary/aromatic N) is 11. The average molecular weight is 1210 g/mol. The average Bonchev–Trinajstić information content (AvgIpc) is 1.04. The first-order valence-electron chi connectivity index (χ1n) is 30.8. The second-order valence-electron chi connectivity index (χ2n) is 24.2. The Balaban J connectivity index is 0.586. The molecule has 3 aromatic carbocycles. The van der Waals surface area contributed by atoms with E-state index >= 15 is 0 Å². The van der Waals surface area contributed by atoms with Gasteiger partial charge in [0.25, 0.3) is 0 Å². The lowest BCUT2D eigenvalue weighted by Gasteiger charge is -2.59. The van der Waals surface area contributed by atoms with Gasteiger partial charge in [-0.05, 0) is 80.7 Å². The number of ether oxygens (including phenoxy) is 6. The van der Waals surface area contributed by atoms with Gasteiger partial charge >= 0.3 is 0 Å². The molecule has 27 nitrogen and oxygen atoms in total. The lowest BCUT2D eigenvalue weighted by atomic mass is 9.65. The molecule has 468 valence electrons. The number of nitrogens with one attached hydrogen (secondary N) is 2. The molecular formula is C60H79N13O14. The monoisotopic (exact) mass is 1210 g/mol. The van der Waals surface area contributed by atoms with E-state index in [-0.39, 0.29) is 19.6 Å². The number of aromatic nitrogens is 6. The molecule has 2 aromatic heterocycles. The molecule has 1 spiro atoms. The fraction of sp³-hybridized carbons (Fsp3) is 0.600. The van der Waals surface area contributed by atoms with Crippen molar-refractivity contribution in [1.82, 2.24) is 50.9 Å². The van der Waals surface area contributed by atoms with Crippen molar-refractivity contribution in [3.63, 3.8) is 0 Å². The molecule has 9 aliphatic rings. The molecular weight excluding hydrogens is 1130 g/mol. The quantitative estimate of drug-likeness (QED) is 0.0379. The number of hydrogen-bond acceptors (Lipinski definition) is 25. The van der Waals surface area contributed by atoms with Gasteiger partial charge in [0.2, 0.25) is 0 Å². The Bertz CT molecular complexity index is 3220. The third kappa shape index (κ3) is 10.6. The van der Waals surface area contributed by atoms with Gasteiger partial charge in [-0.15, -0.1) is 15.7 Å². The van der Waals surface area contributed by atoms with Crippen LogP contribution in [-0.2, 0) is 74.5 Å². The summed E-state index contributed by atoms with van der Waals surface area (Å²) in [6, 6.07) is 14.0. The number of benzene rings is 3. The van der Waals surface area contributed by atoms with Crippen molar-refractivity contribution < 1.29 is 69.3 Å². The highest BCUT2D eigenvalue weighted by atomic mass is 16.6. The second-order valence-corrected chi connectivity index (χ2v) is 24.2. The van der Waals surface area contributed by atoms with Crippen LogP contribution in [0.1, 0.15) is 82.2 Å². The van der Waals surface area contributed by atoms with Crippen molar-refractivity contribution in [1.29, 1.82) is 0 Å². The zero-order chi connectivity index (χ0) is 59.5. The predicted octanol–water partition coefficient (Wildman–Crippen LogP) is -0.824. The van der Waals surface area contributed by atoms with Crippen LogP contribution < -0.4 is 30.4 Å². The molecule has 0 bridgehead atoms. The molecule has 11 heterocycles. The number of aliphatic hydroxyl groups excluding tert-OH is 8. The van der Waals surface area contributed by atoms with Crippen LogP contribution in [0, 0.1) is 0 Å². The normalized spacial score (nSPS) is 27.5. The Morgan fingerprint density at radius 2 is 1.15 bits per heavy atom. The van der Waals surface area contributed by atoms with Gasteiger partial charge < -0.3 is 89.4 Å². The number of aliphatic hydroxyl groups is 8. The van der Waals surface area contributed by atoms with Crippen molar-refractivity contribution in [2.24, 2.45) is 0 Å².